The molecule has 7 heteroatoms. The minimum atomic E-state index is -0.851. The fourth-order valence-corrected chi connectivity index (χ4v) is 3.82. The van der Waals surface area contributed by atoms with Gasteiger partial charge in [-0.15, -0.1) is 0 Å². The van der Waals surface area contributed by atoms with Crippen LogP contribution in [0.4, 0.5) is 0 Å². The number of aliphatic carboxylic acids is 1. The summed E-state index contributed by atoms with van der Waals surface area (Å²) in [6.07, 6.45) is 1.81. The molecule has 0 saturated heterocycles. The molecule has 1 aromatic carbocycles. The van der Waals surface area contributed by atoms with Crippen molar-refractivity contribution in [3.05, 3.63) is 39.0 Å². The zero-order valence-electron chi connectivity index (χ0n) is 11.5. The van der Waals surface area contributed by atoms with Crippen molar-refractivity contribution in [3.8, 4) is 5.69 Å². The topological polar surface area (TPSA) is 55.1 Å². The van der Waals surface area contributed by atoms with Gasteiger partial charge >= 0.3 is 5.97 Å². The van der Waals surface area contributed by atoms with E-state index >= 15 is 0 Å². The van der Waals surface area contributed by atoms with Gasteiger partial charge in [0.05, 0.1) is 17.6 Å². The van der Waals surface area contributed by atoms with Crippen molar-refractivity contribution in [3.63, 3.8) is 0 Å². The highest BCUT2D eigenvalue weighted by Crippen LogP contribution is 2.32. The Balaban J connectivity index is 2.52. The van der Waals surface area contributed by atoms with E-state index in [-0.39, 0.29) is 11.7 Å². The van der Waals surface area contributed by atoms with Crippen LogP contribution in [0, 0.1) is 0 Å². The van der Waals surface area contributed by atoms with Gasteiger partial charge in [-0.1, -0.05) is 41.5 Å². The lowest BCUT2D eigenvalue weighted by Crippen LogP contribution is -2.06. The monoisotopic (exact) mass is 432 g/mol. The summed E-state index contributed by atoms with van der Waals surface area (Å²) in [5.41, 5.74) is 2.00. The zero-order chi connectivity index (χ0) is 15.6. The third kappa shape index (κ3) is 3.90. The van der Waals surface area contributed by atoms with Crippen LogP contribution in [0.25, 0.3) is 5.69 Å². The lowest BCUT2D eigenvalue weighted by Gasteiger charge is -2.15. The van der Waals surface area contributed by atoms with Crippen LogP contribution in [0.1, 0.15) is 25.5 Å². The molecule has 0 unspecified atom stereocenters. The first-order valence-corrected chi connectivity index (χ1v) is 8.85. The number of nitrogens with zero attached hydrogens (tertiary/aromatic N) is 2. The second-order valence-electron chi connectivity index (χ2n) is 4.73. The number of aromatic nitrogens is 2. The normalized spacial score (nSPS) is 11.1. The predicted molar refractivity (Wildman–Crippen MR) is 91.4 cm³/mol. The number of benzene rings is 1. The molecule has 0 fully saturated rings. The summed E-state index contributed by atoms with van der Waals surface area (Å²) >= 11 is 8.22. The molecule has 1 N–H and O–H groups in total. The van der Waals surface area contributed by atoms with E-state index in [0.717, 1.165) is 20.3 Å². The Morgan fingerprint density at radius 3 is 2.71 bits per heavy atom. The molecular weight excluding hydrogens is 420 g/mol. The van der Waals surface area contributed by atoms with Gasteiger partial charge in [-0.2, -0.15) is 0 Å². The predicted octanol–water partition coefficient (Wildman–Crippen LogP) is 4.70. The first-order chi connectivity index (χ1) is 9.90. The van der Waals surface area contributed by atoms with Gasteiger partial charge in [0, 0.05) is 14.6 Å². The smallest absolute Gasteiger partial charge is 0.313 e. The summed E-state index contributed by atoms with van der Waals surface area (Å²) in [4.78, 5) is 15.2. The summed E-state index contributed by atoms with van der Waals surface area (Å²) in [5, 5.41) is 9.55. The third-order valence-corrected chi connectivity index (χ3v) is 4.89. The van der Waals surface area contributed by atoms with Crippen molar-refractivity contribution in [2.24, 2.45) is 0 Å². The fourth-order valence-electron chi connectivity index (χ4n) is 1.89. The summed E-state index contributed by atoms with van der Waals surface area (Å²) < 4.78 is 3.91. The second-order valence-corrected chi connectivity index (χ2v) is 7.45. The molecule has 1 heterocycles. The molecule has 0 atom stereocenters. The summed E-state index contributed by atoms with van der Waals surface area (Å²) in [7, 11) is 0. The van der Waals surface area contributed by atoms with E-state index in [1.165, 1.54) is 11.8 Å². The van der Waals surface area contributed by atoms with Crippen LogP contribution in [0.3, 0.4) is 0 Å². The summed E-state index contributed by atoms with van der Waals surface area (Å²) in [6, 6.07) is 5.90. The molecule has 0 aliphatic carbocycles. The van der Waals surface area contributed by atoms with Gasteiger partial charge in [-0.05, 0) is 40.0 Å². The number of thioether (sulfide) groups is 1. The minimum absolute atomic E-state index is 0.0112. The van der Waals surface area contributed by atoms with E-state index in [2.05, 4.69) is 50.7 Å². The molecule has 112 valence electrons. The first kappa shape index (κ1) is 16.6. The van der Waals surface area contributed by atoms with Gasteiger partial charge in [0.15, 0.2) is 5.16 Å². The lowest BCUT2D eigenvalue weighted by molar-refractivity contribution is -0.133. The number of hydrogen-bond donors (Lipinski definition) is 1. The van der Waals surface area contributed by atoms with Gasteiger partial charge in [0.1, 0.15) is 0 Å². The molecule has 0 amide bonds. The Hall–Kier alpha value is -0.790. The molecule has 1 aromatic heterocycles. The van der Waals surface area contributed by atoms with E-state index in [9.17, 15) is 4.79 Å². The number of hydrogen-bond acceptors (Lipinski definition) is 3. The largest absolute Gasteiger partial charge is 0.481 e. The van der Waals surface area contributed by atoms with Crippen LogP contribution >= 0.6 is 43.6 Å². The molecule has 0 saturated carbocycles. The molecule has 0 radical (unpaired) electrons. The highest BCUT2D eigenvalue weighted by atomic mass is 79.9. The first-order valence-electron chi connectivity index (χ1n) is 6.27. The number of rotatable bonds is 5. The molecule has 21 heavy (non-hydrogen) atoms. The SMILES string of the molecule is CC(C)c1cnc(SCC(=O)O)n1-c1ccc(Br)cc1Br. The molecular formula is C14H14Br2N2O2S. The Bertz CT molecular complexity index is 671. The highest BCUT2D eigenvalue weighted by molar-refractivity contribution is 9.11. The van der Waals surface area contributed by atoms with E-state index in [1.807, 2.05) is 29.0 Å². The maximum Gasteiger partial charge on any atom is 0.313 e. The van der Waals surface area contributed by atoms with Crippen molar-refractivity contribution >= 4 is 49.6 Å². The molecule has 4 nitrogen and oxygen atoms in total. The molecule has 0 bridgehead atoms. The van der Waals surface area contributed by atoms with Crippen molar-refractivity contribution < 1.29 is 9.90 Å². The van der Waals surface area contributed by atoms with Gasteiger partial charge in [-0.25, -0.2) is 4.98 Å². The standard InChI is InChI=1S/C14H14Br2N2O2S/c1-8(2)12-6-17-14(21-7-13(19)20)18(12)11-4-3-9(15)5-10(11)16/h3-6,8H,7H2,1-2H3,(H,19,20). The Morgan fingerprint density at radius 2 is 2.14 bits per heavy atom. The number of carbonyl (C=O) groups is 1. The molecule has 2 aromatic rings. The lowest BCUT2D eigenvalue weighted by atomic mass is 10.1. The van der Waals surface area contributed by atoms with Gasteiger partial charge in [-0.3, -0.25) is 9.36 Å². The van der Waals surface area contributed by atoms with Crippen LogP contribution in [-0.2, 0) is 4.79 Å². The summed E-state index contributed by atoms with van der Waals surface area (Å²) in [5.74, 6) is -0.578. The average Bonchev–Trinajstić information content (AvgIpc) is 2.80. The van der Waals surface area contributed by atoms with Crippen molar-refractivity contribution in [2.45, 2.75) is 24.9 Å². The van der Waals surface area contributed by atoms with E-state index < -0.39 is 5.97 Å². The zero-order valence-corrected chi connectivity index (χ0v) is 15.5. The number of halogens is 2. The van der Waals surface area contributed by atoms with Gasteiger partial charge in [0.25, 0.3) is 0 Å². The van der Waals surface area contributed by atoms with E-state index in [1.54, 1.807) is 0 Å². The molecule has 0 aliphatic heterocycles. The number of imidazole rings is 1. The quantitative estimate of drug-likeness (QED) is 0.694. The van der Waals surface area contributed by atoms with Crippen LogP contribution < -0.4 is 0 Å². The maximum atomic E-state index is 10.8. The van der Waals surface area contributed by atoms with Crippen LogP contribution in [0.15, 0.2) is 38.5 Å². The Kier molecular flexibility index (Phi) is 5.51. The van der Waals surface area contributed by atoms with Gasteiger partial charge < -0.3 is 5.11 Å². The highest BCUT2D eigenvalue weighted by Gasteiger charge is 2.17. The van der Waals surface area contributed by atoms with Crippen LogP contribution in [0.2, 0.25) is 0 Å². The molecule has 0 aliphatic rings. The average molecular weight is 434 g/mol. The number of carboxylic acid groups (broad SMARTS) is 1. The van der Waals surface area contributed by atoms with E-state index in [0.29, 0.717) is 5.16 Å². The number of carboxylic acids is 1. The fraction of sp³-hybridized carbons (Fsp3) is 0.286. The molecule has 0 spiro atoms. The second kappa shape index (κ2) is 6.98. The maximum absolute atomic E-state index is 10.8. The minimum Gasteiger partial charge on any atom is -0.481 e. The third-order valence-electron chi connectivity index (χ3n) is 2.82. The Morgan fingerprint density at radius 1 is 1.43 bits per heavy atom. The van der Waals surface area contributed by atoms with Crippen LogP contribution in [-0.4, -0.2) is 26.4 Å². The van der Waals surface area contributed by atoms with Crippen molar-refractivity contribution in [1.82, 2.24) is 9.55 Å². The van der Waals surface area contributed by atoms with Gasteiger partial charge in [0.2, 0.25) is 0 Å². The molecule has 2 rings (SSSR count). The van der Waals surface area contributed by atoms with Crippen molar-refractivity contribution in [2.75, 3.05) is 5.75 Å². The Labute approximate surface area is 144 Å². The summed E-state index contributed by atoms with van der Waals surface area (Å²) in [6.45, 7) is 4.18. The van der Waals surface area contributed by atoms with Crippen molar-refractivity contribution in [1.29, 1.82) is 0 Å². The van der Waals surface area contributed by atoms with E-state index in [4.69, 9.17) is 5.11 Å². The van der Waals surface area contributed by atoms with Crippen LogP contribution in [0.5, 0.6) is 0 Å².